The average Bonchev–Trinajstić information content (AvgIpc) is 3.87. The van der Waals surface area contributed by atoms with Gasteiger partial charge in [-0.2, -0.15) is 0 Å². The average molecular weight is 836 g/mol. The number of nitrogens with one attached hydrogen (secondary N) is 1. The molecule has 4 aliphatic heterocycles. The second kappa shape index (κ2) is 18.0. The first-order valence-corrected chi connectivity index (χ1v) is 23.7. The number of aliphatic hydroxyl groups is 5. The van der Waals surface area contributed by atoms with E-state index in [9.17, 15) is 35.1 Å². The van der Waals surface area contributed by atoms with Gasteiger partial charge >= 0.3 is 0 Å². The quantitative estimate of drug-likeness (QED) is 0.128. The Morgan fingerprint density at radius 2 is 1.73 bits per heavy atom. The topological polar surface area (TPSA) is 199 Å². The summed E-state index contributed by atoms with van der Waals surface area (Å²) in [7, 11) is -1.01. The van der Waals surface area contributed by atoms with Gasteiger partial charge in [-0.05, 0) is 82.3 Å². The predicted octanol–water partition coefficient (Wildman–Crippen LogP) is 3.06. The van der Waals surface area contributed by atoms with E-state index in [1.54, 1.807) is 35.1 Å². The number of ether oxygens (including phenoxy) is 3. The van der Waals surface area contributed by atoms with Gasteiger partial charge in [0, 0.05) is 30.3 Å². The van der Waals surface area contributed by atoms with E-state index in [0.717, 1.165) is 30.0 Å². The molecular formula is C44H61N3O11Si. The van der Waals surface area contributed by atoms with E-state index in [4.69, 9.17) is 14.2 Å². The molecule has 3 saturated heterocycles. The van der Waals surface area contributed by atoms with Gasteiger partial charge in [-0.1, -0.05) is 60.6 Å². The fourth-order valence-electron chi connectivity index (χ4n) is 9.64. The van der Waals surface area contributed by atoms with Crippen molar-refractivity contribution < 1.29 is 54.1 Å². The molecule has 15 heteroatoms. The molecule has 3 amide bonds. The number of fused-ring (bicyclic) bond motifs is 2. The second-order valence-corrected chi connectivity index (χ2v) is 22.0. The summed E-state index contributed by atoms with van der Waals surface area (Å²) in [5.74, 6) is -1.05. The first-order valence-electron chi connectivity index (χ1n) is 20.6. The molecule has 4 heterocycles. The van der Waals surface area contributed by atoms with Crippen LogP contribution in [0.2, 0.25) is 18.6 Å². The molecule has 322 valence electrons. The van der Waals surface area contributed by atoms with E-state index >= 15 is 4.79 Å². The number of allylic oxidation sites excluding steroid dienone is 3. The van der Waals surface area contributed by atoms with Gasteiger partial charge in [0.2, 0.25) is 5.91 Å². The Morgan fingerprint density at radius 1 is 1.02 bits per heavy atom. The Bertz CT molecular complexity index is 1930. The summed E-state index contributed by atoms with van der Waals surface area (Å²) in [6.45, 7) is 13.3. The predicted molar refractivity (Wildman–Crippen MR) is 225 cm³/mol. The number of anilines is 2. The lowest BCUT2D eigenvalue weighted by Gasteiger charge is -2.37. The third kappa shape index (κ3) is 8.53. The molecule has 6 N–H and O–H groups in total. The summed E-state index contributed by atoms with van der Waals surface area (Å²) >= 11 is 0. The number of rotatable bonds is 13. The summed E-state index contributed by atoms with van der Waals surface area (Å²) in [6.07, 6.45) is -2.38. The third-order valence-electron chi connectivity index (χ3n) is 12.9. The third-order valence-corrected chi connectivity index (χ3v) is 17.3. The summed E-state index contributed by atoms with van der Waals surface area (Å²) in [5.41, 5.74) is 1.86. The van der Waals surface area contributed by atoms with E-state index in [0.29, 0.717) is 30.0 Å². The molecule has 6 rings (SSSR count). The fraction of sp³-hybridized carbons (Fsp3) is 0.568. The van der Waals surface area contributed by atoms with Gasteiger partial charge in [-0.3, -0.25) is 14.4 Å². The Morgan fingerprint density at radius 3 is 2.39 bits per heavy atom. The van der Waals surface area contributed by atoms with Crippen LogP contribution in [0.3, 0.4) is 0 Å². The van der Waals surface area contributed by atoms with Crippen molar-refractivity contribution in [1.82, 2.24) is 4.90 Å². The standard InChI is InChI=1S/C44H61N3O11Si/c1-25(2)10-8-11-26(3)19-21-47-33-18-13-28(45-41(53)39-37(51)36(50)38(52)42(54)57-39)22-32(33)44(43(47)55)27(4)40(59(6,7)31-16-14-30(56-5)15-17-31)34(58-44)23-35(49)46-20-9-12-29(46)24-48/h10,13-19,22,27,29,34,36-40,42,48,50-52,54H,8-9,11-12,20-21,23-24H2,1-7H3,(H,45,53)/b26-19+/t27-,29+,34+,36+,37+,38-,39+,40-,42-,44+/m1/s1. The van der Waals surface area contributed by atoms with Crippen molar-refractivity contribution in [3.63, 3.8) is 0 Å². The Labute approximate surface area is 347 Å². The number of carbonyl (C=O) groups excluding carboxylic acids is 3. The van der Waals surface area contributed by atoms with Gasteiger partial charge in [-0.25, -0.2) is 0 Å². The van der Waals surface area contributed by atoms with Crippen molar-refractivity contribution in [3.8, 4) is 5.75 Å². The SMILES string of the molecule is COc1ccc([Si](C)(C)[C@H]2[C@H](CC(=O)N3CCC[C@H]3CO)O[C@@]3(C(=O)N(C/C=C(\C)CCC=C(C)C)c4ccc(NC(=O)[C@H]5O[C@@H](O)[C@H](O)[C@@H](O)[C@@H]5O)cc43)[C@@H]2C)cc1. The molecule has 1 spiro atoms. The maximum absolute atomic E-state index is 15.3. The lowest BCUT2D eigenvalue weighted by molar-refractivity contribution is -0.274. The zero-order chi connectivity index (χ0) is 43.0. The number of hydrogen-bond donors (Lipinski definition) is 6. The van der Waals surface area contributed by atoms with Crippen LogP contribution in [0.4, 0.5) is 11.4 Å². The van der Waals surface area contributed by atoms with Crippen molar-refractivity contribution >= 4 is 42.4 Å². The molecule has 59 heavy (non-hydrogen) atoms. The van der Waals surface area contributed by atoms with Crippen molar-refractivity contribution in [3.05, 3.63) is 71.3 Å². The molecule has 0 aliphatic carbocycles. The molecule has 2 aromatic carbocycles. The molecular weight excluding hydrogens is 775 g/mol. The molecule has 0 saturated carbocycles. The van der Waals surface area contributed by atoms with Crippen LogP contribution in [0.25, 0.3) is 0 Å². The molecule has 0 bridgehead atoms. The van der Waals surface area contributed by atoms with Gasteiger partial charge in [0.15, 0.2) is 18.0 Å². The van der Waals surface area contributed by atoms with E-state index in [-0.39, 0.29) is 48.7 Å². The van der Waals surface area contributed by atoms with Crippen LogP contribution >= 0.6 is 0 Å². The highest BCUT2D eigenvalue weighted by molar-refractivity contribution is 6.91. The normalized spacial score (nSPS) is 30.8. The maximum Gasteiger partial charge on any atom is 0.264 e. The number of amides is 3. The van der Waals surface area contributed by atoms with E-state index < -0.39 is 62.3 Å². The minimum atomic E-state index is -2.63. The summed E-state index contributed by atoms with van der Waals surface area (Å²) in [5, 5.41) is 54.9. The highest BCUT2D eigenvalue weighted by Crippen LogP contribution is 2.60. The fourth-order valence-corrected chi connectivity index (χ4v) is 13.7. The van der Waals surface area contributed by atoms with Crippen molar-refractivity contribution in [2.45, 2.75) is 127 Å². The van der Waals surface area contributed by atoms with Crippen molar-refractivity contribution in [2.75, 3.05) is 37.0 Å². The first-order chi connectivity index (χ1) is 28.0. The maximum atomic E-state index is 15.3. The number of nitrogens with zero attached hydrogens (tertiary/aromatic N) is 2. The van der Waals surface area contributed by atoms with Crippen molar-refractivity contribution in [2.24, 2.45) is 5.92 Å². The van der Waals surface area contributed by atoms with E-state index in [2.05, 4.69) is 38.3 Å². The summed E-state index contributed by atoms with van der Waals surface area (Å²) in [6, 6.07) is 12.7. The highest BCUT2D eigenvalue weighted by atomic mass is 28.3. The van der Waals surface area contributed by atoms with E-state index in [1.807, 2.05) is 44.2 Å². The van der Waals surface area contributed by atoms with Crippen LogP contribution in [0.1, 0.15) is 65.4 Å². The molecule has 14 nitrogen and oxygen atoms in total. The Balaban J connectivity index is 1.43. The number of likely N-dealkylation sites (tertiary alicyclic amines) is 1. The Hall–Kier alpha value is -3.93. The molecule has 2 aromatic rings. The van der Waals surface area contributed by atoms with Crippen LogP contribution in [0.15, 0.2) is 65.8 Å². The number of hydrogen-bond acceptors (Lipinski definition) is 11. The van der Waals surface area contributed by atoms with Gasteiger partial charge in [0.25, 0.3) is 11.8 Å². The molecule has 0 aromatic heterocycles. The van der Waals surface area contributed by atoms with Gasteiger partial charge in [0.05, 0.1) is 46.0 Å². The van der Waals surface area contributed by atoms with Gasteiger partial charge in [0.1, 0.15) is 24.1 Å². The number of benzene rings is 2. The minimum Gasteiger partial charge on any atom is -0.497 e. The number of aliphatic hydroxyl groups excluding tert-OH is 5. The number of methoxy groups -OCH3 is 1. The van der Waals surface area contributed by atoms with Crippen molar-refractivity contribution in [1.29, 1.82) is 0 Å². The lowest BCUT2D eigenvalue weighted by Crippen LogP contribution is -2.60. The first kappa shape index (κ1) is 44.6. The molecule has 3 fully saturated rings. The van der Waals surface area contributed by atoms with Gasteiger partial charge < -0.3 is 54.9 Å². The van der Waals surface area contributed by atoms with E-state index in [1.165, 1.54) is 5.57 Å². The molecule has 10 atom stereocenters. The molecule has 0 radical (unpaired) electrons. The van der Waals surface area contributed by atoms with Crippen LogP contribution in [-0.2, 0) is 29.5 Å². The molecule has 4 aliphatic rings. The highest BCUT2D eigenvalue weighted by Gasteiger charge is 2.66. The zero-order valence-electron chi connectivity index (χ0n) is 35.1. The number of carbonyl (C=O) groups is 3. The largest absolute Gasteiger partial charge is 0.497 e. The van der Waals surface area contributed by atoms with Crippen LogP contribution in [0, 0.1) is 5.92 Å². The van der Waals surface area contributed by atoms with Crippen LogP contribution < -0.4 is 20.1 Å². The zero-order valence-corrected chi connectivity index (χ0v) is 36.1. The second-order valence-electron chi connectivity index (χ2n) is 17.4. The summed E-state index contributed by atoms with van der Waals surface area (Å²) in [4.78, 5) is 46.5. The van der Waals surface area contributed by atoms with Crippen LogP contribution in [0.5, 0.6) is 5.75 Å². The van der Waals surface area contributed by atoms with Gasteiger partial charge in [-0.15, -0.1) is 0 Å². The Kier molecular flexibility index (Phi) is 13.6. The smallest absolute Gasteiger partial charge is 0.264 e. The summed E-state index contributed by atoms with van der Waals surface area (Å²) < 4.78 is 17.9. The minimum absolute atomic E-state index is 0.00959. The van der Waals surface area contributed by atoms with Crippen LogP contribution in [-0.4, -0.2) is 126 Å². The monoisotopic (exact) mass is 835 g/mol. The lowest BCUT2D eigenvalue weighted by atomic mass is 9.82. The molecule has 0 unspecified atom stereocenters.